The van der Waals surface area contributed by atoms with Crippen molar-refractivity contribution in [2.75, 3.05) is 5.73 Å². The van der Waals surface area contributed by atoms with E-state index in [9.17, 15) is 0 Å². The molecule has 5 nitrogen and oxygen atoms in total. The zero-order valence-corrected chi connectivity index (χ0v) is 12.3. The highest BCUT2D eigenvalue weighted by atomic mass is 32.2. The average molecular weight is 275 g/mol. The summed E-state index contributed by atoms with van der Waals surface area (Å²) in [7, 11) is 0. The highest BCUT2D eigenvalue weighted by Gasteiger charge is 2.19. The molecule has 0 aliphatic heterocycles. The Labute approximate surface area is 117 Å². The van der Waals surface area contributed by atoms with Gasteiger partial charge in [0.25, 0.3) is 0 Å². The van der Waals surface area contributed by atoms with Crippen LogP contribution in [-0.2, 0) is 5.41 Å². The Hall–Kier alpha value is -1.69. The van der Waals surface area contributed by atoms with E-state index in [-0.39, 0.29) is 5.41 Å². The molecule has 2 rings (SSSR count). The topological polar surface area (TPSA) is 77.6 Å². The molecule has 2 aromatic rings. The average Bonchev–Trinajstić information content (AvgIpc) is 2.30. The van der Waals surface area contributed by atoms with Crippen LogP contribution < -0.4 is 5.73 Å². The second-order valence-electron chi connectivity index (χ2n) is 5.35. The van der Waals surface area contributed by atoms with Gasteiger partial charge in [0.15, 0.2) is 5.16 Å². The second-order valence-corrected chi connectivity index (χ2v) is 6.34. The Morgan fingerprint density at radius 3 is 2.32 bits per heavy atom. The zero-order chi connectivity index (χ0) is 14.0. The molecule has 2 heterocycles. The number of nitrogen functional groups attached to an aromatic ring is 1. The molecule has 0 aromatic carbocycles. The standard InChI is InChI=1S/C13H17N5S/c1-8-6-15-12(16-7-8)19-10-5-9(14)17-11(18-10)13(2,3)4/h5-7H,1-4H3,(H2,14,17,18). The summed E-state index contributed by atoms with van der Waals surface area (Å²) in [5.41, 5.74) is 6.72. The van der Waals surface area contributed by atoms with Crippen LogP contribution >= 0.6 is 11.8 Å². The molecule has 0 saturated carbocycles. The molecule has 0 saturated heterocycles. The summed E-state index contributed by atoms with van der Waals surface area (Å²) in [5, 5.41) is 1.42. The van der Waals surface area contributed by atoms with Crippen molar-refractivity contribution in [2.24, 2.45) is 0 Å². The first kappa shape index (κ1) is 13.7. The largest absolute Gasteiger partial charge is 0.384 e. The molecule has 0 aliphatic carbocycles. The van der Waals surface area contributed by atoms with Crippen LogP contribution in [0.1, 0.15) is 32.2 Å². The molecule has 0 aliphatic rings. The van der Waals surface area contributed by atoms with Gasteiger partial charge >= 0.3 is 0 Å². The molecule has 0 radical (unpaired) electrons. The summed E-state index contributed by atoms with van der Waals surface area (Å²) < 4.78 is 0. The van der Waals surface area contributed by atoms with Gasteiger partial charge in [-0.15, -0.1) is 0 Å². The summed E-state index contributed by atoms with van der Waals surface area (Å²) in [4.78, 5) is 17.3. The zero-order valence-electron chi connectivity index (χ0n) is 11.5. The van der Waals surface area contributed by atoms with Crippen molar-refractivity contribution < 1.29 is 0 Å². The van der Waals surface area contributed by atoms with E-state index in [0.29, 0.717) is 11.0 Å². The van der Waals surface area contributed by atoms with Gasteiger partial charge in [-0.1, -0.05) is 20.8 Å². The fraction of sp³-hybridized carbons (Fsp3) is 0.385. The second kappa shape index (κ2) is 5.13. The van der Waals surface area contributed by atoms with Gasteiger partial charge in [0.2, 0.25) is 0 Å². The SMILES string of the molecule is Cc1cnc(Sc2cc(N)nc(C(C)(C)C)n2)nc1. The van der Waals surface area contributed by atoms with Gasteiger partial charge < -0.3 is 5.73 Å². The van der Waals surface area contributed by atoms with Crippen molar-refractivity contribution in [1.82, 2.24) is 19.9 Å². The minimum atomic E-state index is -0.140. The van der Waals surface area contributed by atoms with Gasteiger partial charge in [0, 0.05) is 23.9 Å². The Kier molecular flexibility index (Phi) is 3.71. The molecule has 100 valence electrons. The molecule has 2 N–H and O–H groups in total. The van der Waals surface area contributed by atoms with Gasteiger partial charge in [-0.3, -0.25) is 0 Å². The lowest BCUT2D eigenvalue weighted by atomic mass is 9.96. The normalized spacial score (nSPS) is 11.6. The van der Waals surface area contributed by atoms with Crippen molar-refractivity contribution in [1.29, 1.82) is 0 Å². The smallest absolute Gasteiger partial charge is 0.193 e. The summed E-state index contributed by atoms with van der Waals surface area (Å²) in [5.74, 6) is 1.19. The van der Waals surface area contributed by atoms with E-state index in [1.165, 1.54) is 11.8 Å². The van der Waals surface area contributed by atoms with Gasteiger partial charge in [-0.25, -0.2) is 19.9 Å². The van der Waals surface area contributed by atoms with Gasteiger partial charge in [0.05, 0.1) is 0 Å². The first-order chi connectivity index (χ1) is 8.84. The maximum atomic E-state index is 5.83. The van der Waals surface area contributed by atoms with Gasteiger partial charge in [0.1, 0.15) is 16.7 Å². The highest BCUT2D eigenvalue weighted by molar-refractivity contribution is 7.99. The molecule has 6 heteroatoms. The molecule has 0 unspecified atom stereocenters. The quantitative estimate of drug-likeness (QED) is 0.670. The molecule has 2 aromatic heterocycles. The number of nitrogens with zero attached hydrogens (tertiary/aromatic N) is 4. The lowest BCUT2D eigenvalue weighted by Gasteiger charge is -2.17. The maximum Gasteiger partial charge on any atom is 0.193 e. The number of aromatic nitrogens is 4. The number of nitrogens with two attached hydrogens (primary N) is 1. The van der Waals surface area contributed by atoms with Gasteiger partial charge in [-0.05, 0) is 24.2 Å². The van der Waals surface area contributed by atoms with E-state index < -0.39 is 0 Å². The van der Waals surface area contributed by atoms with Crippen molar-refractivity contribution in [3.05, 3.63) is 29.8 Å². The third kappa shape index (κ3) is 3.64. The number of hydrogen-bond acceptors (Lipinski definition) is 6. The van der Waals surface area contributed by atoms with E-state index in [4.69, 9.17) is 5.73 Å². The van der Waals surface area contributed by atoms with Crippen LogP contribution in [0.5, 0.6) is 0 Å². The van der Waals surface area contributed by atoms with Crippen LogP contribution in [0, 0.1) is 6.92 Å². The van der Waals surface area contributed by atoms with Crippen LogP contribution in [0.3, 0.4) is 0 Å². The molecule has 0 atom stereocenters. The lowest BCUT2D eigenvalue weighted by Crippen LogP contribution is -2.17. The van der Waals surface area contributed by atoms with Crippen LogP contribution in [0.2, 0.25) is 0 Å². The van der Waals surface area contributed by atoms with E-state index in [1.54, 1.807) is 18.5 Å². The summed E-state index contributed by atoms with van der Waals surface area (Å²) in [6.07, 6.45) is 3.56. The van der Waals surface area contributed by atoms with Crippen LogP contribution in [0.15, 0.2) is 28.6 Å². The van der Waals surface area contributed by atoms with E-state index in [1.807, 2.05) is 6.92 Å². The van der Waals surface area contributed by atoms with Gasteiger partial charge in [-0.2, -0.15) is 0 Å². The maximum absolute atomic E-state index is 5.83. The number of rotatable bonds is 2. The summed E-state index contributed by atoms with van der Waals surface area (Å²) >= 11 is 1.39. The first-order valence-corrected chi connectivity index (χ1v) is 6.78. The minimum absolute atomic E-state index is 0.140. The van der Waals surface area contributed by atoms with E-state index in [0.717, 1.165) is 16.4 Å². The Morgan fingerprint density at radius 2 is 1.74 bits per heavy atom. The molecule has 0 fully saturated rings. The highest BCUT2D eigenvalue weighted by Crippen LogP contribution is 2.27. The Balaban J connectivity index is 2.30. The fourth-order valence-corrected chi connectivity index (χ4v) is 2.07. The third-order valence-corrected chi connectivity index (χ3v) is 3.16. The molecular weight excluding hydrogens is 258 g/mol. The number of aryl methyl sites for hydroxylation is 1. The summed E-state index contributed by atoms with van der Waals surface area (Å²) in [6.45, 7) is 8.12. The minimum Gasteiger partial charge on any atom is -0.384 e. The molecule has 0 spiro atoms. The number of hydrogen-bond donors (Lipinski definition) is 1. The first-order valence-electron chi connectivity index (χ1n) is 5.96. The number of anilines is 1. The van der Waals surface area contributed by atoms with E-state index >= 15 is 0 Å². The van der Waals surface area contributed by atoms with Crippen molar-refractivity contribution >= 4 is 17.6 Å². The molecular formula is C13H17N5S. The monoisotopic (exact) mass is 275 g/mol. The van der Waals surface area contributed by atoms with Crippen molar-refractivity contribution in [3.63, 3.8) is 0 Å². The van der Waals surface area contributed by atoms with Crippen molar-refractivity contribution in [2.45, 2.75) is 43.3 Å². The predicted molar refractivity (Wildman–Crippen MR) is 76.0 cm³/mol. The summed E-state index contributed by atoms with van der Waals surface area (Å²) in [6, 6.07) is 1.74. The predicted octanol–water partition coefficient (Wildman–Crippen LogP) is 2.61. The molecule has 0 bridgehead atoms. The Morgan fingerprint density at radius 1 is 1.11 bits per heavy atom. The molecule has 19 heavy (non-hydrogen) atoms. The third-order valence-electron chi connectivity index (χ3n) is 2.35. The Bertz CT molecular complexity index is 575. The van der Waals surface area contributed by atoms with Crippen LogP contribution in [0.4, 0.5) is 5.82 Å². The molecule has 0 amide bonds. The fourth-order valence-electron chi connectivity index (χ4n) is 1.36. The van der Waals surface area contributed by atoms with Crippen LogP contribution in [-0.4, -0.2) is 19.9 Å². The van der Waals surface area contributed by atoms with Crippen LogP contribution in [0.25, 0.3) is 0 Å². The van der Waals surface area contributed by atoms with E-state index in [2.05, 4.69) is 40.7 Å². The van der Waals surface area contributed by atoms with Crippen molar-refractivity contribution in [3.8, 4) is 0 Å². The lowest BCUT2D eigenvalue weighted by molar-refractivity contribution is 0.539.